The van der Waals surface area contributed by atoms with Crippen LogP contribution in [-0.2, 0) is 11.4 Å². The van der Waals surface area contributed by atoms with Gasteiger partial charge in [-0.25, -0.2) is 5.48 Å². The van der Waals surface area contributed by atoms with Gasteiger partial charge in [-0.05, 0) is 11.6 Å². The highest BCUT2D eigenvalue weighted by atomic mass is 16.7. The number of hydrogen-bond acceptors (Lipinski definition) is 4. The predicted octanol–water partition coefficient (Wildman–Crippen LogP) is 2.46. The molecule has 0 aliphatic rings. The normalized spacial score (nSPS) is 10.0. The minimum atomic E-state index is -0.645. The molecule has 0 atom stereocenters. The summed E-state index contributed by atoms with van der Waals surface area (Å²) in [5, 5.41) is 10.8. The van der Waals surface area contributed by atoms with Crippen molar-refractivity contribution in [3.63, 3.8) is 0 Å². The van der Waals surface area contributed by atoms with Gasteiger partial charge >= 0.3 is 0 Å². The van der Waals surface area contributed by atoms with Gasteiger partial charge in [0.25, 0.3) is 11.6 Å². The molecule has 0 aromatic heterocycles. The zero-order valence-electron chi connectivity index (χ0n) is 10.5. The van der Waals surface area contributed by atoms with E-state index in [1.807, 2.05) is 30.3 Å². The molecule has 0 aliphatic carbocycles. The van der Waals surface area contributed by atoms with Crippen molar-refractivity contribution in [2.24, 2.45) is 0 Å². The summed E-state index contributed by atoms with van der Waals surface area (Å²) < 4.78 is 0. The summed E-state index contributed by atoms with van der Waals surface area (Å²) >= 11 is 0. The van der Waals surface area contributed by atoms with Gasteiger partial charge in [0, 0.05) is 6.07 Å². The fraction of sp³-hybridized carbons (Fsp3) is 0.0714. The molecule has 1 N–H and O–H groups in total. The molecule has 0 unspecified atom stereocenters. The van der Waals surface area contributed by atoms with Crippen LogP contribution in [0.1, 0.15) is 15.9 Å². The lowest BCUT2D eigenvalue weighted by molar-refractivity contribution is -0.385. The van der Waals surface area contributed by atoms with Gasteiger partial charge in [-0.2, -0.15) is 0 Å². The summed E-state index contributed by atoms with van der Waals surface area (Å²) in [6.45, 7) is 0.188. The first-order valence-electron chi connectivity index (χ1n) is 5.88. The first-order valence-corrected chi connectivity index (χ1v) is 5.88. The molecule has 6 nitrogen and oxygen atoms in total. The van der Waals surface area contributed by atoms with Gasteiger partial charge in [-0.15, -0.1) is 0 Å². The van der Waals surface area contributed by atoms with Crippen LogP contribution >= 0.6 is 0 Å². The van der Waals surface area contributed by atoms with Gasteiger partial charge in [0.15, 0.2) is 0 Å². The number of carbonyl (C=O) groups is 1. The van der Waals surface area contributed by atoms with Crippen molar-refractivity contribution in [2.75, 3.05) is 0 Å². The van der Waals surface area contributed by atoms with E-state index in [0.29, 0.717) is 0 Å². The molecule has 0 fully saturated rings. The van der Waals surface area contributed by atoms with Crippen molar-refractivity contribution in [1.29, 1.82) is 0 Å². The van der Waals surface area contributed by atoms with E-state index in [9.17, 15) is 14.9 Å². The molecule has 0 saturated carbocycles. The molecule has 2 aromatic rings. The summed E-state index contributed by atoms with van der Waals surface area (Å²) in [5.41, 5.74) is 2.79. The Morgan fingerprint density at radius 1 is 1.10 bits per heavy atom. The van der Waals surface area contributed by atoms with E-state index >= 15 is 0 Å². The lowest BCUT2D eigenvalue weighted by Gasteiger charge is -2.06. The highest BCUT2D eigenvalue weighted by molar-refractivity contribution is 5.97. The van der Waals surface area contributed by atoms with Crippen LogP contribution in [0.2, 0.25) is 0 Å². The number of rotatable bonds is 5. The molecule has 0 heterocycles. The standard InChI is InChI=1S/C14H12N2O4/c17-14(12-8-4-5-9-13(12)16(18)19)15-20-10-11-6-2-1-3-7-11/h1-9H,10H2,(H,15,17). The van der Waals surface area contributed by atoms with E-state index in [2.05, 4.69) is 5.48 Å². The maximum atomic E-state index is 11.8. The summed E-state index contributed by atoms with van der Waals surface area (Å²) in [7, 11) is 0. The quantitative estimate of drug-likeness (QED) is 0.669. The van der Waals surface area contributed by atoms with Gasteiger partial charge in [-0.1, -0.05) is 42.5 Å². The number of amides is 1. The third-order valence-electron chi connectivity index (χ3n) is 2.59. The number of nitrogens with zero attached hydrogens (tertiary/aromatic N) is 1. The Bertz CT molecular complexity index is 614. The van der Waals surface area contributed by atoms with Gasteiger partial charge in [0.2, 0.25) is 0 Å². The molecule has 2 aromatic carbocycles. The monoisotopic (exact) mass is 272 g/mol. The highest BCUT2D eigenvalue weighted by Gasteiger charge is 2.18. The molecule has 20 heavy (non-hydrogen) atoms. The van der Waals surface area contributed by atoms with E-state index < -0.39 is 10.8 Å². The van der Waals surface area contributed by atoms with E-state index in [1.165, 1.54) is 18.2 Å². The molecular weight excluding hydrogens is 260 g/mol. The molecule has 1 amide bonds. The fourth-order valence-electron chi connectivity index (χ4n) is 1.64. The molecule has 0 bridgehead atoms. The molecule has 6 heteroatoms. The van der Waals surface area contributed by atoms with Crippen molar-refractivity contribution in [1.82, 2.24) is 5.48 Å². The average molecular weight is 272 g/mol. The Morgan fingerprint density at radius 2 is 1.75 bits per heavy atom. The largest absolute Gasteiger partial charge is 0.282 e. The van der Waals surface area contributed by atoms with Crippen molar-refractivity contribution >= 4 is 11.6 Å². The van der Waals surface area contributed by atoms with Gasteiger partial charge in [0.1, 0.15) is 5.56 Å². The molecule has 0 radical (unpaired) electrons. The lowest BCUT2D eigenvalue weighted by Crippen LogP contribution is -2.24. The molecule has 0 aliphatic heterocycles. The zero-order valence-corrected chi connectivity index (χ0v) is 10.5. The summed E-state index contributed by atoms with van der Waals surface area (Å²) in [5.74, 6) is -0.645. The van der Waals surface area contributed by atoms with E-state index in [1.54, 1.807) is 6.07 Å². The third kappa shape index (κ3) is 3.39. The number of carbonyl (C=O) groups excluding carboxylic acids is 1. The van der Waals surface area contributed by atoms with Crippen molar-refractivity contribution in [2.45, 2.75) is 6.61 Å². The molecule has 0 saturated heterocycles. The Labute approximate surface area is 115 Å². The predicted molar refractivity (Wildman–Crippen MR) is 71.8 cm³/mol. The van der Waals surface area contributed by atoms with Crippen LogP contribution in [0.4, 0.5) is 5.69 Å². The summed E-state index contributed by atoms with van der Waals surface area (Å²) in [6, 6.07) is 15.0. The number of hydrogen-bond donors (Lipinski definition) is 1. The van der Waals surface area contributed by atoms with Crippen molar-refractivity contribution < 1.29 is 14.6 Å². The van der Waals surface area contributed by atoms with E-state index in [-0.39, 0.29) is 17.9 Å². The third-order valence-corrected chi connectivity index (χ3v) is 2.59. The number of para-hydroxylation sites is 1. The number of hydroxylamine groups is 1. The molecular formula is C14H12N2O4. The second-order valence-corrected chi connectivity index (χ2v) is 3.98. The highest BCUT2D eigenvalue weighted by Crippen LogP contribution is 2.17. The van der Waals surface area contributed by atoms with Crippen LogP contribution in [0.25, 0.3) is 0 Å². The first-order chi connectivity index (χ1) is 9.68. The van der Waals surface area contributed by atoms with Crippen molar-refractivity contribution in [3.05, 3.63) is 75.8 Å². The maximum absolute atomic E-state index is 11.8. The summed E-state index contributed by atoms with van der Waals surface area (Å²) in [4.78, 5) is 27.1. The van der Waals surface area contributed by atoms with Gasteiger partial charge in [-0.3, -0.25) is 19.7 Å². The Kier molecular flexibility index (Phi) is 4.41. The van der Waals surface area contributed by atoms with E-state index in [0.717, 1.165) is 5.56 Å². The van der Waals surface area contributed by atoms with Crippen molar-refractivity contribution in [3.8, 4) is 0 Å². The van der Waals surface area contributed by atoms with Crippen LogP contribution in [-0.4, -0.2) is 10.8 Å². The smallest absolute Gasteiger partial charge is 0.269 e. The van der Waals surface area contributed by atoms with Gasteiger partial charge < -0.3 is 0 Å². The van der Waals surface area contributed by atoms with Gasteiger partial charge in [0.05, 0.1) is 11.5 Å². The number of nitro benzene ring substituents is 1. The van der Waals surface area contributed by atoms with Crippen LogP contribution in [0.3, 0.4) is 0 Å². The second kappa shape index (κ2) is 6.44. The van der Waals surface area contributed by atoms with Crippen LogP contribution in [0, 0.1) is 10.1 Å². The number of benzene rings is 2. The lowest BCUT2D eigenvalue weighted by atomic mass is 10.2. The summed E-state index contributed by atoms with van der Waals surface area (Å²) in [6.07, 6.45) is 0. The SMILES string of the molecule is O=C(NOCc1ccccc1)c1ccccc1[N+](=O)[O-]. The Hall–Kier alpha value is -2.73. The fourth-order valence-corrected chi connectivity index (χ4v) is 1.64. The number of nitrogens with one attached hydrogen (secondary N) is 1. The molecule has 2 rings (SSSR count). The second-order valence-electron chi connectivity index (χ2n) is 3.98. The topological polar surface area (TPSA) is 81.5 Å². The average Bonchev–Trinajstić information content (AvgIpc) is 2.48. The van der Waals surface area contributed by atoms with Crippen LogP contribution in [0.15, 0.2) is 54.6 Å². The Balaban J connectivity index is 1.97. The zero-order chi connectivity index (χ0) is 14.4. The molecule has 0 spiro atoms. The first kappa shape index (κ1) is 13.7. The minimum absolute atomic E-state index is 0.0365. The van der Waals surface area contributed by atoms with Crippen LogP contribution < -0.4 is 5.48 Å². The number of nitro groups is 1. The Morgan fingerprint density at radius 3 is 2.45 bits per heavy atom. The van der Waals surface area contributed by atoms with E-state index in [4.69, 9.17) is 4.84 Å². The van der Waals surface area contributed by atoms with Crippen LogP contribution in [0.5, 0.6) is 0 Å². The minimum Gasteiger partial charge on any atom is -0.269 e. The molecule has 102 valence electrons. The maximum Gasteiger partial charge on any atom is 0.282 e.